The molecule has 1 heterocycles. The number of hydrogen-bond acceptors (Lipinski definition) is 3. The molecular formula is C15H22N2O2. The molecule has 0 aromatic heterocycles. The van der Waals surface area contributed by atoms with Crippen LogP contribution in [0, 0.1) is 20.8 Å². The Kier molecular flexibility index (Phi) is 4.56. The number of ether oxygens (including phenoxy) is 1. The molecule has 0 radical (unpaired) electrons. The summed E-state index contributed by atoms with van der Waals surface area (Å²) in [5, 5.41) is 3.03. The van der Waals surface area contributed by atoms with E-state index in [2.05, 4.69) is 29.3 Å². The minimum atomic E-state index is 0.0527. The Morgan fingerprint density at radius 2 is 1.79 bits per heavy atom. The molecule has 1 aliphatic rings. The Morgan fingerprint density at radius 3 is 2.37 bits per heavy atom. The summed E-state index contributed by atoms with van der Waals surface area (Å²) in [4.78, 5) is 14.2. The van der Waals surface area contributed by atoms with Crippen molar-refractivity contribution in [3.8, 4) is 0 Å². The van der Waals surface area contributed by atoms with Crippen molar-refractivity contribution >= 4 is 11.6 Å². The van der Waals surface area contributed by atoms with Crippen LogP contribution < -0.4 is 5.32 Å². The molecule has 0 saturated carbocycles. The molecule has 0 bridgehead atoms. The van der Waals surface area contributed by atoms with Crippen LogP contribution in [0.3, 0.4) is 0 Å². The van der Waals surface area contributed by atoms with Gasteiger partial charge in [-0.1, -0.05) is 17.7 Å². The summed E-state index contributed by atoms with van der Waals surface area (Å²) in [6, 6.07) is 4.19. The highest BCUT2D eigenvalue weighted by Gasteiger charge is 2.15. The van der Waals surface area contributed by atoms with Crippen molar-refractivity contribution in [1.82, 2.24) is 4.90 Å². The zero-order valence-electron chi connectivity index (χ0n) is 12.0. The maximum absolute atomic E-state index is 12.1. The van der Waals surface area contributed by atoms with Crippen LogP contribution in [0.1, 0.15) is 16.7 Å². The van der Waals surface area contributed by atoms with Crippen LogP contribution in [0.2, 0.25) is 0 Å². The second-order valence-electron chi connectivity index (χ2n) is 5.21. The Hall–Kier alpha value is -1.39. The Morgan fingerprint density at radius 1 is 1.21 bits per heavy atom. The molecule has 0 unspecified atom stereocenters. The third-order valence-electron chi connectivity index (χ3n) is 3.41. The summed E-state index contributed by atoms with van der Waals surface area (Å²) in [7, 11) is 0. The molecule has 0 atom stereocenters. The highest BCUT2D eigenvalue weighted by atomic mass is 16.5. The Bertz CT molecular complexity index is 442. The topological polar surface area (TPSA) is 41.6 Å². The third-order valence-corrected chi connectivity index (χ3v) is 3.41. The van der Waals surface area contributed by atoms with Crippen molar-refractivity contribution in [2.45, 2.75) is 20.8 Å². The highest BCUT2D eigenvalue weighted by molar-refractivity contribution is 5.93. The number of aryl methyl sites for hydroxylation is 3. The van der Waals surface area contributed by atoms with E-state index in [4.69, 9.17) is 4.74 Å². The fourth-order valence-corrected chi connectivity index (χ4v) is 2.52. The minimum Gasteiger partial charge on any atom is -0.379 e. The van der Waals surface area contributed by atoms with Crippen molar-refractivity contribution in [3.63, 3.8) is 0 Å². The monoisotopic (exact) mass is 262 g/mol. The lowest BCUT2D eigenvalue weighted by atomic mass is 10.1. The van der Waals surface area contributed by atoms with Gasteiger partial charge >= 0.3 is 0 Å². The highest BCUT2D eigenvalue weighted by Crippen LogP contribution is 2.21. The number of benzene rings is 1. The van der Waals surface area contributed by atoms with Gasteiger partial charge < -0.3 is 10.1 Å². The number of carbonyl (C=O) groups excluding carboxylic acids is 1. The van der Waals surface area contributed by atoms with Crippen LogP contribution in [0.15, 0.2) is 12.1 Å². The molecule has 4 nitrogen and oxygen atoms in total. The zero-order chi connectivity index (χ0) is 13.8. The average Bonchev–Trinajstić information content (AvgIpc) is 2.35. The van der Waals surface area contributed by atoms with E-state index in [1.807, 2.05) is 13.8 Å². The molecule has 1 aliphatic heterocycles. The van der Waals surface area contributed by atoms with Gasteiger partial charge in [0, 0.05) is 18.8 Å². The molecule has 1 saturated heterocycles. The summed E-state index contributed by atoms with van der Waals surface area (Å²) in [6.45, 7) is 9.68. The lowest BCUT2D eigenvalue weighted by Gasteiger charge is -2.26. The summed E-state index contributed by atoms with van der Waals surface area (Å²) in [5.41, 5.74) is 4.41. The second-order valence-corrected chi connectivity index (χ2v) is 5.21. The first-order chi connectivity index (χ1) is 9.06. The summed E-state index contributed by atoms with van der Waals surface area (Å²) in [6.07, 6.45) is 0. The lowest BCUT2D eigenvalue weighted by molar-refractivity contribution is -0.118. The van der Waals surface area contributed by atoms with E-state index in [0.29, 0.717) is 6.54 Å². The van der Waals surface area contributed by atoms with E-state index in [0.717, 1.165) is 43.1 Å². The summed E-state index contributed by atoms with van der Waals surface area (Å²) < 4.78 is 5.28. The molecule has 1 aromatic rings. The number of nitrogens with zero attached hydrogens (tertiary/aromatic N) is 1. The van der Waals surface area contributed by atoms with E-state index in [9.17, 15) is 4.79 Å². The number of anilines is 1. The van der Waals surface area contributed by atoms with E-state index >= 15 is 0 Å². The third kappa shape index (κ3) is 3.78. The predicted molar refractivity (Wildman–Crippen MR) is 76.5 cm³/mol. The van der Waals surface area contributed by atoms with E-state index in [1.54, 1.807) is 0 Å². The van der Waals surface area contributed by atoms with E-state index < -0.39 is 0 Å². The second kappa shape index (κ2) is 6.17. The lowest BCUT2D eigenvalue weighted by Crippen LogP contribution is -2.41. The average molecular weight is 262 g/mol. The van der Waals surface area contributed by atoms with Crippen LogP contribution in [0.25, 0.3) is 0 Å². The Balaban J connectivity index is 1.98. The molecule has 0 aliphatic carbocycles. The number of rotatable bonds is 3. The van der Waals surface area contributed by atoms with Gasteiger partial charge in [0.05, 0.1) is 19.8 Å². The van der Waals surface area contributed by atoms with Crippen molar-refractivity contribution in [2.75, 3.05) is 38.2 Å². The number of carbonyl (C=O) groups is 1. The van der Waals surface area contributed by atoms with Gasteiger partial charge in [-0.05, 0) is 31.9 Å². The predicted octanol–water partition coefficient (Wildman–Crippen LogP) is 1.88. The first-order valence-electron chi connectivity index (χ1n) is 6.74. The van der Waals surface area contributed by atoms with Crippen molar-refractivity contribution in [1.29, 1.82) is 0 Å². The molecule has 4 heteroatoms. The van der Waals surface area contributed by atoms with Crippen molar-refractivity contribution in [3.05, 3.63) is 28.8 Å². The first-order valence-corrected chi connectivity index (χ1v) is 6.74. The van der Waals surface area contributed by atoms with Gasteiger partial charge in [0.25, 0.3) is 0 Å². The smallest absolute Gasteiger partial charge is 0.238 e. The largest absolute Gasteiger partial charge is 0.379 e. The molecule has 0 spiro atoms. The summed E-state index contributed by atoms with van der Waals surface area (Å²) >= 11 is 0. The molecule has 19 heavy (non-hydrogen) atoms. The van der Waals surface area contributed by atoms with Crippen LogP contribution in [-0.4, -0.2) is 43.7 Å². The molecule has 1 amide bonds. The number of amides is 1. The Labute approximate surface area is 114 Å². The van der Waals surface area contributed by atoms with Gasteiger partial charge in [-0.3, -0.25) is 9.69 Å². The zero-order valence-corrected chi connectivity index (χ0v) is 12.0. The summed E-state index contributed by atoms with van der Waals surface area (Å²) in [5.74, 6) is 0.0527. The SMILES string of the molecule is Cc1cc(C)c(NC(=O)CN2CCOCC2)c(C)c1. The fraction of sp³-hybridized carbons (Fsp3) is 0.533. The van der Waals surface area contributed by atoms with Crippen molar-refractivity contribution in [2.24, 2.45) is 0 Å². The van der Waals surface area contributed by atoms with Gasteiger partial charge in [-0.25, -0.2) is 0 Å². The maximum Gasteiger partial charge on any atom is 0.238 e. The van der Waals surface area contributed by atoms with Gasteiger partial charge in [0.1, 0.15) is 0 Å². The number of morpholine rings is 1. The normalized spacial score (nSPS) is 16.4. The van der Waals surface area contributed by atoms with E-state index in [-0.39, 0.29) is 5.91 Å². The molecular weight excluding hydrogens is 240 g/mol. The minimum absolute atomic E-state index is 0.0527. The van der Waals surface area contributed by atoms with Gasteiger partial charge in [0.2, 0.25) is 5.91 Å². The molecule has 1 fully saturated rings. The molecule has 1 N–H and O–H groups in total. The van der Waals surface area contributed by atoms with Crippen LogP contribution in [0.4, 0.5) is 5.69 Å². The number of hydrogen-bond donors (Lipinski definition) is 1. The van der Waals surface area contributed by atoms with Crippen LogP contribution in [-0.2, 0) is 9.53 Å². The van der Waals surface area contributed by atoms with Gasteiger partial charge in [-0.2, -0.15) is 0 Å². The first kappa shape index (κ1) is 14.0. The molecule has 2 rings (SSSR count). The van der Waals surface area contributed by atoms with Crippen molar-refractivity contribution < 1.29 is 9.53 Å². The van der Waals surface area contributed by atoms with Gasteiger partial charge in [0.15, 0.2) is 0 Å². The standard InChI is InChI=1S/C15H22N2O2/c1-11-8-12(2)15(13(3)9-11)16-14(18)10-17-4-6-19-7-5-17/h8-9H,4-7,10H2,1-3H3,(H,16,18). The maximum atomic E-state index is 12.1. The van der Waals surface area contributed by atoms with Gasteiger partial charge in [-0.15, -0.1) is 0 Å². The number of nitrogens with one attached hydrogen (secondary N) is 1. The van der Waals surface area contributed by atoms with Crippen LogP contribution >= 0.6 is 0 Å². The van der Waals surface area contributed by atoms with E-state index in [1.165, 1.54) is 5.56 Å². The quantitative estimate of drug-likeness (QED) is 0.904. The molecule has 104 valence electrons. The molecule has 1 aromatic carbocycles. The van der Waals surface area contributed by atoms with Crippen LogP contribution in [0.5, 0.6) is 0 Å². The fourth-order valence-electron chi connectivity index (χ4n) is 2.52.